The molecule has 1 N–H and O–H groups in total. The van der Waals surface area contributed by atoms with Crippen LogP contribution in [-0.4, -0.2) is 23.3 Å². The van der Waals surface area contributed by atoms with E-state index in [0.29, 0.717) is 0 Å². The van der Waals surface area contributed by atoms with E-state index in [1.54, 1.807) is 6.92 Å². The molecule has 13 heavy (non-hydrogen) atoms. The first-order valence-corrected chi connectivity index (χ1v) is 5.00. The zero-order chi connectivity index (χ0) is 10.3. The fourth-order valence-corrected chi connectivity index (χ4v) is 1.27. The summed E-state index contributed by atoms with van der Waals surface area (Å²) in [5.74, 6) is -0.878. The average Bonchev–Trinajstić information content (AvgIpc) is 2.05. The predicted octanol–water partition coefficient (Wildman–Crippen LogP) is 2.44. The number of hydrogen-bond acceptors (Lipinski definition) is 2. The first-order chi connectivity index (χ1) is 6.11. The molecule has 0 aliphatic carbocycles. The molecule has 0 aromatic rings. The van der Waals surface area contributed by atoms with Crippen molar-refractivity contribution in [3.8, 4) is 0 Å². The molecule has 78 valence electrons. The predicted molar refractivity (Wildman–Crippen MR) is 51.8 cm³/mol. The Morgan fingerprint density at radius 1 is 1.31 bits per heavy atom. The first-order valence-electron chi connectivity index (χ1n) is 5.00. The van der Waals surface area contributed by atoms with Crippen molar-refractivity contribution in [2.45, 2.75) is 58.7 Å². The molecule has 3 nitrogen and oxygen atoms in total. The summed E-state index contributed by atoms with van der Waals surface area (Å²) in [6, 6.07) is 0. The molecular weight excluding hydrogens is 168 g/mol. The summed E-state index contributed by atoms with van der Waals surface area (Å²) in [6.07, 6.45) is 3.41. The van der Waals surface area contributed by atoms with Crippen molar-refractivity contribution >= 4 is 5.97 Å². The van der Waals surface area contributed by atoms with Gasteiger partial charge in [0.05, 0.1) is 6.10 Å². The van der Waals surface area contributed by atoms with Gasteiger partial charge in [-0.1, -0.05) is 26.7 Å². The summed E-state index contributed by atoms with van der Waals surface area (Å²) >= 11 is 0. The highest BCUT2D eigenvalue weighted by atomic mass is 16.5. The molecule has 0 bridgehead atoms. The summed E-state index contributed by atoms with van der Waals surface area (Å²) in [5, 5.41) is 8.64. The molecule has 1 atom stereocenters. The summed E-state index contributed by atoms with van der Waals surface area (Å²) in [6.45, 7) is 5.75. The van der Waals surface area contributed by atoms with Crippen LogP contribution in [0.2, 0.25) is 0 Å². The Kier molecular flexibility index (Phi) is 6.59. The van der Waals surface area contributed by atoms with Gasteiger partial charge in [0, 0.05) is 0 Å². The van der Waals surface area contributed by atoms with Crippen LogP contribution in [0, 0.1) is 0 Å². The van der Waals surface area contributed by atoms with E-state index >= 15 is 0 Å². The average molecular weight is 188 g/mol. The van der Waals surface area contributed by atoms with E-state index in [4.69, 9.17) is 9.84 Å². The number of carboxylic acids is 1. The van der Waals surface area contributed by atoms with Gasteiger partial charge in [0.25, 0.3) is 0 Å². The molecule has 0 aliphatic rings. The van der Waals surface area contributed by atoms with Crippen LogP contribution in [0.5, 0.6) is 0 Å². The SMILES string of the molecule is CCCC(CCC)OC(C)C(=O)O. The second-order valence-electron chi connectivity index (χ2n) is 3.32. The molecule has 0 fully saturated rings. The van der Waals surface area contributed by atoms with E-state index in [1.807, 2.05) is 0 Å². The van der Waals surface area contributed by atoms with Crippen LogP contribution in [0.15, 0.2) is 0 Å². The van der Waals surface area contributed by atoms with Gasteiger partial charge in [-0.05, 0) is 19.8 Å². The van der Waals surface area contributed by atoms with Gasteiger partial charge in [0.15, 0.2) is 6.10 Å². The molecule has 0 radical (unpaired) electrons. The van der Waals surface area contributed by atoms with Gasteiger partial charge in [-0.2, -0.15) is 0 Å². The molecule has 0 heterocycles. The van der Waals surface area contributed by atoms with Gasteiger partial charge in [-0.3, -0.25) is 0 Å². The smallest absolute Gasteiger partial charge is 0.332 e. The van der Waals surface area contributed by atoms with Crippen LogP contribution in [0.3, 0.4) is 0 Å². The Labute approximate surface area is 80.1 Å². The maximum absolute atomic E-state index is 10.5. The second kappa shape index (κ2) is 6.89. The van der Waals surface area contributed by atoms with Crippen LogP contribution < -0.4 is 0 Å². The third-order valence-electron chi connectivity index (χ3n) is 1.97. The minimum absolute atomic E-state index is 0.112. The van der Waals surface area contributed by atoms with Crippen LogP contribution in [0.4, 0.5) is 0 Å². The Bertz CT molecular complexity index is 139. The molecule has 0 aliphatic heterocycles. The summed E-state index contributed by atoms with van der Waals surface area (Å²) < 4.78 is 5.39. The van der Waals surface area contributed by atoms with Crippen molar-refractivity contribution in [2.75, 3.05) is 0 Å². The molecule has 0 rings (SSSR count). The third kappa shape index (κ3) is 5.64. The maximum atomic E-state index is 10.5. The van der Waals surface area contributed by atoms with Crippen molar-refractivity contribution in [2.24, 2.45) is 0 Å². The Morgan fingerprint density at radius 3 is 2.08 bits per heavy atom. The van der Waals surface area contributed by atoms with Crippen molar-refractivity contribution in [1.82, 2.24) is 0 Å². The Hall–Kier alpha value is -0.570. The largest absolute Gasteiger partial charge is 0.479 e. The molecule has 0 aromatic heterocycles. The monoisotopic (exact) mass is 188 g/mol. The Balaban J connectivity index is 3.85. The van der Waals surface area contributed by atoms with E-state index < -0.39 is 12.1 Å². The lowest BCUT2D eigenvalue weighted by Crippen LogP contribution is -2.26. The number of aliphatic carboxylic acids is 1. The zero-order valence-electron chi connectivity index (χ0n) is 8.75. The molecule has 0 aromatic carbocycles. The molecule has 0 spiro atoms. The van der Waals surface area contributed by atoms with E-state index in [2.05, 4.69) is 13.8 Å². The van der Waals surface area contributed by atoms with Crippen molar-refractivity contribution in [3.05, 3.63) is 0 Å². The molecule has 1 unspecified atom stereocenters. The van der Waals surface area contributed by atoms with Crippen molar-refractivity contribution in [1.29, 1.82) is 0 Å². The second-order valence-corrected chi connectivity index (χ2v) is 3.32. The van der Waals surface area contributed by atoms with E-state index in [1.165, 1.54) is 0 Å². The maximum Gasteiger partial charge on any atom is 0.332 e. The van der Waals surface area contributed by atoms with Crippen LogP contribution in [0.1, 0.15) is 46.5 Å². The van der Waals surface area contributed by atoms with Crippen molar-refractivity contribution in [3.63, 3.8) is 0 Å². The highest BCUT2D eigenvalue weighted by molar-refractivity contribution is 5.71. The lowest BCUT2D eigenvalue weighted by Gasteiger charge is -2.19. The number of carboxylic acid groups (broad SMARTS) is 1. The summed E-state index contributed by atoms with van der Waals surface area (Å²) in [5.41, 5.74) is 0. The minimum Gasteiger partial charge on any atom is -0.479 e. The van der Waals surface area contributed by atoms with E-state index in [0.717, 1.165) is 25.7 Å². The lowest BCUT2D eigenvalue weighted by atomic mass is 10.1. The fourth-order valence-electron chi connectivity index (χ4n) is 1.27. The number of hydrogen-bond donors (Lipinski definition) is 1. The highest BCUT2D eigenvalue weighted by Crippen LogP contribution is 2.11. The third-order valence-corrected chi connectivity index (χ3v) is 1.97. The molecule has 0 amide bonds. The van der Waals surface area contributed by atoms with Gasteiger partial charge in [-0.15, -0.1) is 0 Å². The number of carbonyl (C=O) groups is 1. The molecule has 0 saturated heterocycles. The van der Waals surface area contributed by atoms with Gasteiger partial charge >= 0.3 is 5.97 Å². The standard InChI is InChI=1S/C10H20O3/c1-4-6-9(7-5-2)13-8(3)10(11)12/h8-9H,4-7H2,1-3H3,(H,11,12). The van der Waals surface area contributed by atoms with Gasteiger partial charge in [-0.25, -0.2) is 4.79 Å². The van der Waals surface area contributed by atoms with Gasteiger partial charge in [0.1, 0.15) is 0 Å². The number of rotatable bonds is 7. The summed E-state index contributed by atoms with van der Waals surface area (Å²) in [7, 11) is 0. The quantitative estimate of drug-likeness (QED) is 0.667. The van der Waals surface area contributed by atoms with E-state index in [-0.39, 0.29) is 6.10 Å². The first kappa shape index (κ1) is 12.4. The molecular formula is C10H20O3. The lowest BCUT2D eigenvalue weighted by molar-refractivity contribution is -0.153. The van der Waals surface area contributed by atoms with Crippen LogP contribution >= 0.6 is 0 Å². The Morgan fingerprint density at radius 2 is 1.77 bits per heavy atom. The van der Waals surface area contributed by atoms with E-state index in [9.17, 15) is 4.79 Å². The van der Waals surface area contributed by atoms with Crippen LogP contribution in [-0.2, 0) is 9.53 Å². The van der Waals surface area contributed by atoms with Gasteiger partial charge < -0.3 is 9.84 Å². The van der Waals surface area contributed by atoms with Crippen LogP contribution in [0.25, 0.3) is 0 Å². The van der Waals surface area contributed by atoms with Gasteiger partial charge in [0.2, 0.25) is 0 Å². The minimum atomic E-state index is -0.878. The topological polar surface area (TPSA) is 46.5 Å². The molecule has 3 heteroatoms. The normalized spacial score (nSPS) is 13.2. The highest BCUT2D eigenvalue weighted by Gasteiger charge is 2.16. The van der Waals surface area contributed by atoms with Crippen molar-refractivity contribution < 1.29 is 14.6 Å². The zero-order valence-corrected chi connectivity index (χ0v) is 8.75. The molecule has 0 saturated carbocycles. The number of ether oxygens (including phenoxy) is 1. The summed E-state index contributed by atoms with van der Waals surface area (Å²) in [4.78, 5) is 10.5. The fraction of sp³-hybridized carbons (Fsp3) is 0.900.